The summed E-state index contributed by atoms with van der Waals surface area (Å²) in [6, 6.07) is 18.7. The molecule has 3 nitrogen and oxygen atoms in total. The van der Waals surface area contributed by atoms with Crippen molar-refractivity contribution in [1.82, 2.24) is 4.98 Å². The molecule has 0 radical (unpaired) electrons. The third-order valence-electron chi connectivity index (χ3n) is 3.29. The van der Waals surface area contributed by atoms with E-state index in [4.69, 9.17) is 10.5 Å². The molecule has 0 amide bonds. The maximum Gasteiger partial charge on any atom is 0.119 e. The maximum atomic E-state index is 5.48. The molecular weight excluding hydrogens is 248 g/mol. The van der Waals surface area contributed by atoms with Crippen LogP contribution in [0.2, 0.25) is 0 Å². The molecular formula is C17H18N2O. The van der Waals surface area contributed by atoms with Gasteiger partial charge in [0, 0.05) is 24.2 Å². The summed E-state index contributed by atoms with van der Waals surface area (Å²) in [7, 11) is 0. The van der Waals surface area contributed by atoms with Gasteiger partial charge in [0.15, 0.2) is 0 Å². The summed E-state index contributed by atoms with van der Waals surface area (Å²) in [6.07, 6.45) is 0.895. The Labute approximate surface area is 118 Å². The van der Waals surface area contributed by atoms with Crippen LogP contribution in [0.15, 0.2) is 54.6 Å². The highest BCUT2D eigenvalue weighted by Gasteiger charge is 2.02. The molecule has 3 aromatic rings. The minimum atomic E-state index is 0.539. The van der Waals surface area contributed by atoms with Crippen LogP contribution in [0.4, 0.5) is 0 Å². The Kier molecular flexibility index (Phi) is 3.70. The fourth-order valence-electron chi connectivity index (χ4n) is 2.33. The molecule has 0 aliphatic carbocycles. The van der Waals surface area contributed by atoms with E-state index in [1.54, 1.807) is 0 Å². The summed E-state index contributed by atoms with van der Waals surface area (Å²) < 4.78 is 5.48. The van der Waals surface area contributed by atoms with Crippen LogP contribution in [0.1, 0.15) is 11.3 Å². The lowest BCUT2D eigenvalue weighted by molar-refractivity contribution is 0.328. The topological polar surface area (TPSA) is 51.0 Å². The number of nitrogens with one attached hydrogen (secondary N) is 1. The second-order valence-corrected chi connectivity index (χ2v) is 4.84. The van der Waals surface area contributed by atoms with Gasteiger partial charge >= 0.3 is 0 Å². The molecule has 2 aromatic carbocycles. The lowest BCUT2D eigenvalue weighted by Gasteiger charge is -2.05. The van der Waals surface area contributed by atoms with Crippen molar-refractivity contribution < 1.29 is 4.74 Å². The van der Waals surface area contributed by atoms with Gasteiger partial charge < -0.3 is 15.5 Å². The molecule has 20 heavy (non-hydrogen) atoms. The highest BCUT2D eigenvalue weighted by Crippen LogP contribution is 2.19. The lowest BCUT2D eigenvalue weighted by atomic mass is 10.1. The first-order chi connectivity index (χ1) is 9.85. The van der Waals surface area contributed by atoms with Crippen molar-refractivity contribution in [3.8, 4) is 5.75 Å². The Morgan fingerprint density at radius 3 is 2.55 bits per heavy atom. The van der Waals surface area contributed by atoms with Crippen molar-refractivity contribution in [2.75, 3.05) is 13.2 Å². The molecule has 3 N–H and O–H groups in total. The Hall–Kier alpha value is -2.26. The number of hydrogen-bond acceptors (Lipinski definition) is 2. The smallest absolute Gasteiger partial charge is 0.119 e. The zero-order chi connectivity index (χ0) is 13.8. The van der Waals surface area contributed by atoms with E-state index in [1.165, 1.54) is 22.2 Å². The number of benzene rings is 2. The van der Waals surface area contributed by atoms with Crippen molar-refractivity contribution in [3.63, 3.8) is 0 Å². The molecule has 1 aromatic heterocycles. The number of nitrogens with two attached hydrogens (primary N) is 1. The van der Waals surface area contributed by atoms with Crippen molar-refractivity contribution >= 4 is 10.9 Å². The van der Waals surface area contributed by atoms with Crippen molar-refractivity contribution in [1.29, 1.82) is 0 Å². The minimum Gasteiger partial charge on any atom is -0.492 e. The number of aromatic amines is 1. The zero-order valence-electron chi connectivity index (χ0n) is 11.3. The van der Waals surface area contributed by atoms with Crippen LogP contribution in [0.5, 0.6) is 5.75 Å². The fourth-order valence-corrected chi connectivity index (χ4v) is 2.33. The first-order valence-corrected chi connectivity index (χ1v) is 6.83. The molecule has 0 unspecified atom stereocenters. The van der Waals surface area contributed by atoms with E-state index >= 15 is 0 Å². The van der Waals surface area contributed by atoms with Gasteiger partial charge in [0.2, 0.25) is 0 Å². The molecule has 0 bridgehead atoms. The fraction of sp³-hybridized carbons (Fsp3) is 0.176. The number of fused-ring (bicyclic) bond motifs is 1. The zero-order valence-corrected chi connectivity index (χ0v) is 11.3. The van der Waals surface area contributed by atoms with Crippen LogP contribution in [-0.2, 0) is 6.42 Å². The Bertz CT molecular complexity index is 653. The Morgan fingerprint density at radius 1 is 1.00 bits per heavy atom. The second kappa shape index (κ2) is 5.80. The average molecular weight is 266 g/mol. The van der Waals surface area contributed by atoms with Crippen LogP contribution in [0, 0.1) is 0 Å². The molecule has 0 aliphatic heterocycles. The van der Waals surface area contributed by atoms with Crippen molar-refractivity contribution in [2.45, 2.75) is 6.42 Å². The number of hydrogen-bond donors (Lipinski definition) is 2. The number of para-hydroxylation sites is 1. The van der Waals surface area contributed by atoms with E-state index in [0.717, 1.165) is 12.2 Å². The van der Waals surface area contributed by atoms with E-state index in [-0.39, 0.29) is 0 Å². The van der Waals surface area contributed by atoms with Crippen LogP contribution in [-0.4, -0.2) is 18.1 Å². The van der Waals surface area contributed by atoms with E-state index in [1.807, 2.05) is 18.2 Å². The summed E-state index contributed by atoms with van der Waals surface area (Å²) in [6.45, 7) is 1.10. The molecule has 0 spiro atoms. The van der Waals surface area contributed by atoms with E-state index in [0.29, 0.717) is 13.2 Å². The van der Waals surface area contributed by atoms with Gasteiger partial charge in [-0.3, -0.25) is 0 Å². The van der Waals surface area contributed by atoms with E-state index < -0.39 is 0 Å². The van der Waals surface area contributed by atoms with Crippen LogP contribution < -0.4 is 10.5 Å². The van der Waals surface area contributed by atoms with E-state index in [2.05, 4.69) is 41.4 Å². The standard InChI is InChI=1S/C17H18N2O/c18-9-10-20-16-7-5-13(6-8-16)11-15-12-14-3-1-2-4-17(14)19-15/h1-8,12,19H,9-11,18H2. The number of aromatic nitrogens is 1. The average Bonchev–Trinajstić information content (AvgIpc) is 2.89. The largest absolute Gasteiger partial charge is 0.492 e. The third-order valence-corrected chi connectivity index (χ3v) is 3.29. The predicted molar refractivity (Wildman–Crippen MR) is 82.1 cm³/mol. The molecule has 102 valence electrons. The number of ether oxygens (including phenoxy) is 1. The summed E-state index contributed by atoms with van der Waals surface area (Å²) in [5, 5.41) is 1.25. The van der Waals surface area contributed by atoms with Crippen LogP contribution in [0.3, 0.4) is 0 Å². The van der Waals surface area contributed by atoms with Gasteiger partial charge in [-0.25, -0.2) is 0 Å². The van der Waals surface area contributed by atoms with Gasteiger partial charge in [-0.05, 0) is 35.2 Å². The minimum absolute atomic E-state index is 0.539. The predicted octanol–water partition coefficient (Wildman–Crippen LogP) is 3.10. The normalized spacial score (nSPS) is 10.8. The van der Waals surface area contributed by atoms with Gasteiger partial charge in [-0.2, -0.15) is 0 Å². The quantitative estimate of drug-likeness (QED) is 0.745. The van der Waals surface area contributed by atoms with Gasteiger partial charge in [0.25, 0.3) is 0 Å². The molecule has 0 atom stereocenters. The highest BCUT2D eigenvalue weighted by atomic mass is 16.5. The van der Waals surface area contributed by atoms with Crippen LogP contribution >= 0.6 is 0 Å². The molecule has 0 saturated heterocycles. The van der Waals surface area contributed by atoms with Crippen LogP contribution in [0.25, 0.3) is 10.9 Å². The molecule has 3 heteroatoms. The number of rotatable bonds is 5. The molecule has 0 fully saturated rings. The SMILES string of the molecule is NCCOc1ccc(Cc2cc3ccccc3[nH]2)cc1. The summed E-state index contributed by atoms with van der Waals surface area (Å²) >= 11 is 0. The van der Waals surface area contributed by atoms with Gasteiger partial charge in [-0.15, -0.1) is 0 Å². The summed E-state index contributed by atoms with van der Waals surface area (Å²) in [5.41, 5.74) is 9.09. The molecule has 0 saturated carbocycles. The van der Waals surface area contributed by atoms with Gasteiger partial charge in [0.05, 0.1) is 0 Å². The lowest BCUT2D eigenvalue weighted by Crippen LogP contribution is -2.10. The monoisotopic (exact) mass is 266 g/mol. The number of H-pyrrole nitrogens is 1. The van der Waals surface area contributed by atoms with Gasteiger partial charge in [0.1, 0.15) is 12.4 Å². The summed E-state index contributed by atoms with van der Waals surface area (Å²) in [4.78, 5) is 3.45. The molecule has 1 heterocycles. The highest BCUT2D eigenvalue weighted by molar-refractivity contribution is 5.80. The van der Waals surface area contributed by atoms with Gasteiger partial charge in [-0.1, -0.05) is 30.3 Å². The van der Waals surface area contributed by atoms with E-state index in [9.17, 15) is 0 Å². The second-order valence-electron chi connectivity index (χ2n) is 4.84. The molecule has 0 aliphatic rings. The van der Waals surface area contributed by atoms with Crippen molar-refractivity contribution in [2.24, 2.45) is 5.73 Å². The first kappa shape index (κ1) is 12.8. The Balaban J connectivity index is 1.73. The first-order valence-electron chi connectivity index (χ1n) is 6.83. The molecule has 3 rings (SSSR count). The summed E-state index contributed by atoms with van der Waals surface area (Å²) in [5.74, 6) is 0.871. The third kappa shape index (κ3) is 2.83. The maximum absolute atomic E-state index is 5.48. The van der Waals surface area contributed by atoms with Crippen molar-refractivity contribution in [3.05, 3.63) is 65.9 Å². The Morgan fingerprint density at radius 2 is 1.80 bits per heavy atom.